The van der Waals surface area contributed by atoms with Crippen molar-refractivity contribution in [3.63, 3.8) is 0 Å². The Morgan fingerprint density at radius 2 is 0.405 bits per heavy atom. The van der Waals surface area contributed by atoms with Gasteiger partial charge in [-0.25, -0.2) is 43.1 Å². The number of fused-ring (bicyclic) bond motifs is 36. The summed E-state index contributed by atoms with van der Waals surface area (Å²) in [6.45, 7) is 27.0. The van der Waals surface area contributed by atoms with E-state index in [1.165, 1.54) is 148 Å². The maximum absolute atomic E-state index is 5.28. The zero-order valence-corrected chi connectivity index (χ0v) is 74.5. The Bertz CT molecular complexity index is 9780. The average Bonchev–Trinajstić information content (AvgIpc) is 1.52. The van der Waals surface area contributed by atoms with E-state index >= 15 is 0 Å². The molecule has 0 bridgehead atoms. The molecule has 12 heterocycles. The fraction of sp³-hybridized carbons (Fsp3) is 0.121. The average molecular weight is 1690 g/mol. The molecule has 0 spiro atoms. The molecular formula is C116H85N15. The monoisotopic (exact) mass is 1690 g/mol. The van der Waals surface area contributed by atoms with Gasteiger partial charge in [0, 0.05) is 0 Å². The number of imidazole rings is 12. The predicted molar refractivity (Wildman–Crippen MR) is 543 cm³/mol. The van der Waals surface area contributed by atoms with Crippen LogP contribution in [0.2, 0.25) is 0 Å². The summed E-state index contributed by atoms with van der Waals surface area (Å²) in [5.74, 6) is 5.84. The van der Waals surface area contributed by atoms with E-state index in [1.807, 2.05) is 0 Å². The van der Waals surface area contributed by atoms with Gasteiger partial charge in [0.05, 0.1) is 99.3 Å². The van der Waals surface area contributed by atoms with E-state index in [9.17, 15) is 0 Å². The molecule has 12 aromatic heterocycles. The molecule has 0 radical (unpaired) electrons. The van der Waals surface area contributed by atoms with Crippen molar-refractivity contribution in [1.29, 1.82) is 0 Å². The van der Waals surface area contributed by atoms with Gasteiger partial charge in [-0.15, -0.1) is 0 Å². The summed E-state index contributed by atoms with van der Waals surface area (Å²) in [4.78, 5) is 31.6. The molecular weight excluding hydrogens is 1600 g/mol. The molecule has 15 nitrogen and oxygen atoms in total. The summed E-state index contributed by atoms with van der Waals surface area (Å²) in [5, 5.41) is 14.5. The zero-order chi connectivity index (χ0) is 87.6. The van der Waals surface area contributed by atoms with Crippen LogP contribution >= 0.6 is 0 Å². The van der Waals surface area contributed by atoms with Crippen LogP contribution in [0, 0.1) is 48.5 Å². The molecule has 30 rings (SSSR count). The van der Waals surface area contributed by atoms with Crippen LogP contribution in [0.15, 0.2) is 291 Å². The molecule has 624 valence electrons. The van der Waals surface area contributed by atoms with Crippen LogP contribution in [0.4, 0.5) is 0 Å². The highest BCUT2D eigenvalue weighted by Crippen LogP contribution is 2.47. The van der Waals surface area contributed by atoms with Gasteiger partial charge in [-0.1, -0.05) is 222 Å². The highest BCUT2D eigenvalue weighted by atomic mass is 15.3. The van der Waals surface area contributed by atoms with Crippen LogP contribution in [0.1, 0.15) is 90.6 Å². The molecule has 0 amide bonds. The minimum absolute atomic E-state index is 0.0847. The van der Waals surface area contributed by atoms with E-state index in [2.05, 4.69) is 414 Å². The summed E-state index contributed by atoms with van der Waals surface area (Å²) in [5.41, 5.74) is 42.4. The van der Waals surface area contributed by atoms with Crippen LogP contribution in [-0.2, 0) is 5.41 Å². The SMILES string of the molecule is Cc1cc(C(C)(C)C)cc(C)c1-c1cc2c3c(c1)n1c4cc5ccccc5cc4nc1n3c1nc3cc4ccccc4cc3n21.Cc1cc(C(C)C)cc(C)c1-c1cc2c3c(c1)n1c4cc5ccccc5cc4nc1n3c1nc3cc4ccccc4cc3n21.Cc1cc(C)c(-c2cc3c4c(c2)n2c5cc6ccccc6cc5nc2n4c2nc4cc5ccccc5cc4n32)c(C)c1. The Hall–Kier alpha value is -16.3. The molecule has 0 saturated heterocycles. The summed E-state index contributed by atoms with van der Waals surface area (Å²) in [7, 11) is 0. The third kappa shape index (κ3) is 10.3. The molecule has 0 aliphatic rings. The summed E-state index contributed by atoms with van der Waals surface area (Å²) >= 11 is 0. The number of benzene rings is 18. The second kappa shape index (κ2) is 26.0. The van der Waals surface area contributed by atoms with Crippen molar-refractivity contribution >= 4 is 215 Å². The molecule has 0 fully saturated rings. The van der Waals surface area contributed by atoms with Crippen molar-refractivity contribution in [2.45, 2.75) is 94.4 Å². The Morgan fingerprint density at radius 1 is 0.214 bits per heavy atom. The third-order valence-corrected chi connectivity index (χ3v) is 28.7. The van der Waals surface area contributed by atoms with Crippen molar-refractivity contribution in [1.82, 2.24) is 69.5 Å². The predicted octanol–water partition coefficient (Wildman–Crippen LogP) is 28.9. The Morgan fingerprint density at radius 3 is 0.603 bits per heavy atom. The minimum Gasteiger partial charge on any atom is -0.276 e. The topological polar surface area (TPSA) is 117 Å². The summed E-state index contributed by atoms with van der Waals surface area (Å²) < 4.78 is 20.9. The first kappa shape index (κ1) is 73.9. The van der Waals surface area contributed by atoms with Crippen molar-refractivity contribution in [3.05, 3.63) is 341 Å². The van der Waals surface area contributed by atoms with Gasteiger partial charge in [-0.2, -0.15) is 0 Å². The maximum atomic E-state index is 5.28. The fourth-order valence-corrected chi connectivity index (χ4v) is 22.9. The standard InChI is InChI=1S/C40H31N5.C39H29N5.C37H25N5/c1-22-14-29(40(3,4)5)15-23(2)36(22)28-20-34-37-35(21-28)44-33-19-27-13-9-7-11-25(27)17-31(33)42-39(44)45(37)38-41-30-16-24-10-6-8-12-26(24)18-32(30)43(34)38;1-21(2)28-13-22(3)36(23(4)14-28)29-19-34-37-35(20-29)43-33-18-27-12-8-6-10-25(27)16-31(33)41-39(43)44(37)38-40-30-15-24-9-5-7-11-26(24)17-32(30)42(34)38;1-20-12-21(2)34(22(3)13-20)27-18-32-35-33(19-27)41-31-17-26-11-7-5-9-24(26)15-29(31)39-37(41)42(35)36-38-28-14-23-8-4-6-10-25(23)16-30(28)40(32)36/h6-21H,1-5H3;5-21H,1-4H3;4-19H,1-3H3. The second-order valence-corrected chi connectivity index (χ2v) is 38.4. The van der Waals surface area contributed by atoms with E-state index < -0.39 is 0 Å². The lowest BCUT2D eigenvalue weighted by Gasteiger charge is -2.22. The minimum atomic E-state index is 0.0847. The highest BCUT2D eigenvalue weighted by Gasteiger charge is 2.32. The molecule has 15 heteroatoms. The van der Waals surface area contributed by atoms with E-state index in [1.54, 1.807) is 0 Å². The van der Waals surface area contributed by atoms with Gasteiger partial charge in [-0.05, 0) is 312 Å². The molecule has 0 aliphatic heterocycles. The summed E-state index contributed by atoms with van der Waals surface area (Å²) in [6, 6.07) is 106. The van der Waals surface area contributed by atoms with E-state index in [0.29, 0.717) is 5.92 Å². The van der Waals surface area contributed by atoms with Crippen LogP contribution < -0.4 is 0 Å². The first-order valence-electron chi connectivity index (χ1n) is 45.5. The van der Waals surface area contributed by atoms with Crippen LogP contribution in [0.3, 0.4) is 0 Å². The molecule has 0 aliphatic carbocycles. The first-order valence-corrected chi connectivity index (χ1v) is 45.5. The Balaban J connectivity index is 0.0000000986. The maximum Gasteiger partial charge on any atom is 0.223 e. The quantitative estimate of drug-likeness (QED) is 0.173. The molecule has 0 saturated carbocycles. The third-order valence-electron chi connectivity index (χ3n) is 28.7. The molecule has 131 heavy (non-hydrogen) atoms. The van der Waals surface area contributed by atoms with Gasteiger partial charge < -0.3 is 0 Å². The van der Waals surface area contributed by atoms with Crippen LogP contribution in [0.5, 0.6) is 0 Å². The number of aromatic nitrogens is 15. The largest absolute Gasteiger partial charge is 0.276 e. The normalized spacial score (nSPS) is 12.8. The Labute approximate surface area is 748 Å². The van der Waals surface area contributed by atoms with Crippen LogP contribution in [-0.4, -0.2) is 69.5 Å². The number of hydrogen-bond donors (Lipinski definition) is 0. The van der Waals surface area contributed by atoms with Gasteiger partial charge in [0.2, 0.25) is 34.7 Å². The molecule has 0 atom stereocenters. The van der Waals surface area contributed by atoms with Gasteiger partial charge >= 0.3 is 0 Å². The van der Waals surface area contributed by atoms with Crippen molar-refractivity contribution in [2.24, 2.45) is 0 Å². The van der Waals surface area contributed by atoms with Crippen molar-refractivity contribution in [3.8, 4) is 33.4 Å². The van der Waals surface area contributed by atoms with Gasteiger partial charge in [0.1, 0.15) is 16.6 Å². The molecule has 18 aromatic carbocycles. The highest BCUT2D eigenvalue weighted by molar-refractivity contribution is 6.14. The lowest BCUT2D eigenvalue weighted by Crippen LogP contribution is -2.12. The van der Waals surface area contributed by atoms with E-state index in [4.69, 9.17) is 29.9 Å². The molecule has 0 unspecified atom stereocenters. The second-order valence-electron chi connectivity index (χ2n) is 38.4. The number of nitrogens with zero attached hydrogens (tertiary/aromatic N) is 15. The molecule has 0 N–H and O–H groups in total. The first-order chi connectivity index (χ1) is 63.7. The summed E-state index contributed by atoms with van der Waals surface area (Å²) in [6.07, 6.45) is 0. The van der Waals surface area contributed by atoms with E-state index in [0.717, 1.165) is 151 Å². The number of aryl methyl sites for hydroxylation is 7. The molecule has 30 aromatic rings. The van der Waals surface area contributed by atoms with Crippen LogP contribution in [0.25, 0.3) is 249 Å². The zero-order valence-electron chi connectivity index (χ0n) is 74.5. The lowest BCUT2D eigenvalue weighted by molar-refractivity contribution is 0.589. The lowest BCUT2D eigenvalue weighted by atomic mass is 9.82. The van der Waals surface area contributed by atoms with Crippen molar-refractivity contribution < 1.29 is 0 Å². The van der Waals surface area contributed by atoms with Gasteiger partial charge in [0.15, 0.2) is 0 Å². The smallest absolute Gasteiger partial charge is 0.223 e. The number of hydrogen-bond acceptors (Lipinski definition) is 6. The Kier molecular flexibility index (Phi) is 14.7. The van der Waals surface area contributed by atoms with Gasteiger partial charge in [-0.3, -0.25) is 26.4 Å². The van der Waals surface area contributed by atoms with Gasteiger partial charge in [0.25, 0.3) is 0 Å². The van der Waals surface area contributed by atoms with E-state index in [-0.39, 0.29) is 5.41 Å². The van der Waals surface area contributed by atoms with Crippen molar-refractivity contribution in [2.75, 3.05) is 0 Å². The number of rotatable bonds is 4. The fourth-order valence-electron chi connectivity index (χ4n) is 22.9.